The van der Waals surface area contributed by atoms with Gasteiger partial charge in [-0.25, -0.2) is 13.6 Å². The number of rotatable bonds is 5. The van der Waals surface area contributed by atoms with Crippen LogP contribution in [0.3, 0.4) is 0 Å². The van der Waals surface area contributed by atoms with Crippen LogP contribution in [-0.4, -0.2) is 18.2 Å². The highest BCUT2D eigenvalue weighted by Gasteiger charge is 2.16. The maximum Gasteiger partial charge on any atom is 0.335 e. The van der Waals surface area contributed by atoms with Crippen molar-refractivity contribution in [1.29, 1.82) is 0 Å². The number of ether oxygens (including phenoxy) is 2. The summed E-state index contributed by atoms with van der Waals surface area (Å²) in [5, 5.41) is 8.70. The summed E-state index contributed by atoms with van der Waals surface area (Å²) in [5.41, 5.74) is 0.189. The lowest BCUT2D eigenvalue weighted by molar-refractivity contribution is 0.0695. The van der Waals surface area contributed by atoms with E-state index in [9.17, 15) is 13.6 Å². The first-order valence-electron chi connectivity index (χ1n) is 5.99. The van der Waals surface area contributed by atoms with Gasteiger partial charge in [-0.1, -0.05) is 12.1 Å². The second-order valence-corrected chi connectivity index (χ2v) is 4.21. The quantitative estimate of drug-likeness (QED) is 0.919. The molecule has 0 saturated heterocycles. The first-order valence-corrected chi connectivity index (χ1v) is 5.99. The largest absolute Gasteiger partial charge is 0.497 e. The van der Waals surface area contributed by atoms with Gasteiger partial charge >= 0.3 is 5.97 Å². The third-order valence-corrected chi connectivity index (χ3v) is 2.76. The second-order valence-electron chi connectivity index (χ2n) is 4.21. The van der Waals surface area contributed by atoms with E-state index in [-0.39, 0.29) is 6.61 Å². The molecule has 2 aromatic carbocycles. The number of carboxylic acids is 1. The fraction of sp³-hybridized carbons (Fsp3) is 0.133. The van der Waals surface area contributed by atoms with Crippen molar-refractivity contribution in [2.24, 2.45) is 0 Å². The second kappa shape index (κ2) is 6.21. The molecule has 2 rings (SSSR count). The number of methoxy groups -OCH3 is 1. The highest BCUT2D eigenvalue weighted by Crippen LogP contribution is 2.25. The Kier molecular flexibility index (Phi) is 4.37. The molecule has 0 aliphatic carbocycles. The average molecular weight is 294 g/mol. The zero-order valence-corrected chi connectivity index (χ0v) is 11.1. The van der Waals surface area contributed by atoms with Crippen LogP contribution in [0.5, 0.6) is 11.5 Å². The molecule has 6 heteroatoms. The molecule has 0 radical (unpaired) electrons. The van der Waals surface area contributed by atoms with Gasteiger partial charge in [0.2, 0.25) is 0 Å². The number of hydrogen-bond donors (Lipinski definition) is 1. The molecular weight excluding hydrogens is 282 g/mol. The van der Waals surface area contributed by atoms with Crippen molar-refractivity contribution < 1.29 is 28.2 Å². The van der Waals surface area contributed by atoms with Gasteiger partial charge in [-0.2, -0.15) is 0 Å². The van der Waals surface area contributed by atoms with Crippen LogP contribution in [0.25, 0.3) is 0 Å². The minimum Gasteiger partial charge on any atom is -0.497 e. The summed E-state index contributed by atoms with van der Waals surface area (Å²) in [6.45, 7) is -0.0720. The molecule has 2 aromatic rings. The van der Waals surface area contributed by atoms with Crippen molar-refractivity contribution in [3.05, 3.63) is 59.2 Å². The highest BCUT2D eigenvalue weighted by atomic mass is 19.1. The van der Waals surface area contributed by atoms with E-state index >= 15 is 0 Å². The van der Waals surface area contributed by atoms with Gasteiger partial charge < -0.3 is 14.6 Å². The third-order valence-electron chi connectivity index (χ3n) is 2.76. The van der Waals surface area contributed by atoms with Crippen molar-refractivity contribution in [2.45, 2.75) is 6.61 Å². The summed E-state index contributed by atoms with van der Waals surface area (Å²) in [4.78, 5) is 10.7. The van der Waals surface area contributed by atoms with E-state index in [0.717, 1.165) is 0 Å². The lowest BCUT2D eigenvalue weighted by Gasteiger charge is -2.10. The Hall–Kier alpha value is -2.63. The summed E-state index contributed by atoms with van der Waals surface area (Å²) < 4.78 is 37.4. The van der Waals surface area contributed by atoms with E-state index in [2.05, 4.69) is 0 Å². The summed E-state index contributed by atoms with van der Waals surface area (Å²) in [6.07, 6.45) is 0. The zero-order valence-electron chi connectivity index (χ0n) is 11.1. The SMILES string of the molecule is COc1cccc(COc2c(F)cc(C(=O)O)cc2F)c1. The third kappa shape index (κ3) is 3.47. The number of hydrogen-bond acceptors (Lipinski definition) is 3. The lowest BCUT2D eigenvalue weighted by Crippen LogP contribution is -2.04. The molecule has 0 amide bonds. The Balaban J connectivity index is 2.18. The smallest absolute Gasteiger partial charge is 0.335 e. The van der Waals surface area contributed by atoms with Crippen molar-refractivity contribution in [3.8, 4) is 11.5 Å². The van der Waals surface area contributed by atoms with Crippen LogP contribution in [0.2, 0.25) is 0 Å². The Bertz CT molecular complexity index is 647. The molecule has 0 unspecified atom stereocenters. The van der Waals surface area contributed by atoms with Gasteiger partial charge in [0.1, 0.15) is 12.4 Å². The Labute approximate surface area is 119 Å². The number of halogens is 2. The van der Waals surface area contributed by atoms with Gasteiger partial charge in [0.25, 0.3) is 0 Å². The molecule has 0 aliphatic heterocycles. The molecule has 1 N–H and O–H groups in total. The normalized spacial score (nSPS) is 10.2. The van der Waals surface area contributed by atoms with E-state index in [0.29, 0.717) is 23.4 Å². The van der Waals surface area contributed by atoms with Crippen LogP contribution >= 0.6 is 0 Å². The maximum absolute atomic E-state index is 13.7. The number of benzene rings is 2. The molecule has 0 spiro atoms. The number of aromatic carboxylic acids is 1. The van der Waals surface area contributed by atoms with Crippen molar-refractivity contribution in [1.82, 2.24) is 0 Å². The fourth-order valence-corrected chi connectivity index (χ4v) is 1.74. The fourth-order valence-electron chi connectivity index (χ4n) is 1.74. The van der Waals surface area contributed by atoms with Crippen LogP contribution in [0.15, 0.2) is 36.4 Å². The lowest BCUT2D eigenvalue weighted by atomic mass is 10.2. The van der Waals surface area contributed by atoms with Crippen LogP contribution in [-0.2, 0) is 6.61 Å². The van der Waals surface area contributed by atoms with E-state index in [4.69, 9.17) is 14.6 Å². The Morgan fingerprint density at radius 3 is 2.43 bits per heavy atom. The first-order chi connectivity index (χ1) is 10.0. The van der Waals surface area contributed by atoms with Gasteiger partial charge in [0.05, 0.1) is 12.7 Å². The molecule has 0 heterocycles. The summed E-state index contributed by atoms with van der Waals surface area (Å²) in [6, 6.07) is 8.26. The number of carbonyl (C=O) groups is 1. The molecular formula is C15H12F2O4. The van der Waals surface area contributed by atoms with E-state index in [1.807, 2.05) is 0 Å². The first kappa shape index (κ1) is 14.8. The van der Waals surface area contributed by atoms with Crippen LogP contribution in [0.4, 0.5) is 8.78 Å². The van der Waals surface area contributed by atoms with Gasteiger partial charge in [-0.05, 0) is 29.8 Å². The predicted octanol–water partition coefficient (Wildman–Crippen LogP) is 3.25. The van der Waals surface area contributed by atoms with Crippen LogP contribution < -0.4 is 9.47 Å². The Morgan fingerprint density at radius 1 is 1.19 bits per heavy atom. The monoisotopic (exact) mass is 294 g/mol. The van der Waals surface area contributed by atoms with Crippen molar-refractivity contribution in [3.63, 3.8) is 0 Å². The van der Waals surface area contributed by atoms with Crippen LogP contribution in [0.1, 0.15) is 15.9 Å². The summed E-state index contributed by atoms with van der Waals surface area (Å²) in [7, 11) is 1.50. The van der Waals surface area contributed by atoms with E-state index in [1.54, 1.807) is 24.3 Å². The minimum atomic E-state index is -1.41. The molecule has 4 nitrogen and oxygen atoms in total. The molecule has 0 fully saturated rings. The molecule has 110 valence electrons. The van der Waals surface area contributed by atoms with Crippen molar-refractivity contribution >= 4 is 5.97 Å². The average Bonchev–Trinajstić information content (AvgIpc) is 2.46. The molecule has 0 atom stereocenters. The standard InChI is InChI=1S/C15H12F2O4/c1-20-11-4-2-3-9(5-11)8-21-14-12(16)6-10(15(18)19)7-13(14)17/h2-7H,8H2,1H3,(H,18,19). The summed E-state index contributed by atoms with van der Waals surface area (Å²) >= 11 is 0. The van der Waals surface area contributed by atoms with Gasteiger partial charge in [0, 0.05) is 0 Å². The predicted molar refractivity (Wildman–Crippen MR) is 70.6 cm³/mol. The molecule has 0 aromatic heterocycles. The van der Waals surface area contributed by atoms with Gasteiger partial charge in [-0.3, -0.25) is 0 Å². The molecule has 21 heavy (non-hydrogen) atoms. The van der Waals surface area contributed by atoms with E-state index in [1.165, 1.54) is 7.11 Å². The Morgan fingerprint density at radius 2 is 1.86 bits per heavy atom. The molecule has 0 bridgehead atoms. The van der Waals surface area contributed by atoms with Gasteiger partial charge in [-0.15, -0.1) is 0 Å². The topological polar surface area (TPSA) is 55.8 Å². The van der Waals surface area contributed by atoms with E-state index < -0.39 is 28.9 Å². The minimum absolute atomic E-state index is 0.0720. The molecule has 0 saturated carbocycles. The molecule has 0 aliphatic rings. The number of carboxylic acid groups (broad SMARTS) is 1. The maximum atomic E-state index is 13.7. The zero-order chi connectivity index (χ0) is 15.4. The van der Waals surface area contributed by atoms with Crippen molar-refractivity contribution in [2.75, 3.05) is 7.11 Å². The highest BCUT2D eigenvalue weighted by molar-refractivity contribution is 5.87. The summed E-state index contributed by atoms with van der Waals surface area (Å²) in [5.74, 6) is -3.54. The van der Waals surface area contributed by atoms with Crippen LogP contribution in [0, 0.1) is 11.6 Å². The van der Waals surface area contributed by atoms with Gasteiger partial charge in [0.15, 0.2) is 17.4 Å².